The van der Waals surface area contributed by atoms with Crippen LogP contribution in [-0.4, -0.2) is 44.7 Å². The van der Waals surface area contributed by atoms with Crippen molar-refractivity contribution in [1.29, 1.82) is 0 Å². The van der Waals surface area contributed by atoms with E-state index in [2.05, 4.69) is 51.6 Å². The van der Waals surface area contributed by atoms with Crippen molar-refractivity contribution >= 4 is 91.5 Å². The minimum atomic E-state index is -0.254. The normalized spacial score (nSPS) is 10.2. The topological polar surface area (TPSA) is 115 Å². The zero-order chi connectivity index (χ0) is 48.0. The lowest BCUT2D eigenvalue weighted by Crippen LogP contribution is -2.29. The molecule has 0 spiro atoms. The van der Waals surface area contributed by atoms with Gasteiger partial charge in [0.15, 0.2) is 11.6 Å². The highest BCUT2D eigenvalue weighted by Crippen LogP contribution is 2.22. The fourth-order valence-electron chi connectivity index (χ4n) is 6.77. The van der Waals surface area contributed by atoms with E-state index in [4.69, 9.17) is 41.2 Å². The number of nitrogens with two attached hydrogens (primary N) is 1. The first-order valence-electron chi connectivity index (χ1n) is 21.0. The van der Waals surface area contributed by atoms with E-state index in [1.54, 1.807) is 36.7 Å². The van der Waals surface area contributed by atoms with Gasteiger partial charge in [-0.2, -0.15) is 0 Å². The van der Waals surface area contributed by atoms with Gasteiger partial charge in [-0.15, -0.1) is 12.6 Å². The van der Waals surface area contributed by atoms with Crippen LogP contribution in [-0.2, 0) is 0 Å². The van der Waals surface area contributed by atoms with Gasteiger partial charge in [-0.05, 0) is 98.5 Å². The lowest BCUT2D eigenvalue weighted by atomic mass is 10.0. The monoisotopic (exact) mass is 954 g/mol. The number of Topliss-reactive ketones (excluding diaryl/α,β-unsaturated/α-hetero) is 2. The van der Waals surface area contributed by atoms with E-state index in [0.29, 0.717) is 31.7 Å². The van der Waals surface area contributed by atoms with Gasteiger partial charge in [-0.3, -0.25) is 24.4 Å². The van der Waals surface area contributed by atoms with Crippen molar-refractivity contribution < 1.29 is 14.4 Å². The number of ketones is 2. The van der Waals surface area contributed by atoms with Crippen molar-refractivity contribution in [2.45, 2.75) is 27.7 Å². The van der Waals surface area contributed by atoms with Crippen molar-refractivity contribution in [3.8, 4) is 23.7 Å². The molecule has 2 aromatic heterocycles. The van der Waals surface area contributed by atoms with Crippen LogP contribution in [0.2, 0.25) is 10.0 Å². The molecule has 0 amide bonds. The van der Waals surface area contributed by atoms with Crippen molar-refractivity contribution in [3.63, 3.8) is 0 Å². The van der Waals surface area contributed by atoms with E-state index < -0.39 is 0 Å². The zero-order valence-electron chi connectivity index (χ0n) is 37.1. The fraction of sp³-hybridized carbons (Fsp3) is 0.107. The SMILES string of the molecule is Cc1ccc(C(=O)S)cc1C#Cc1cnc2ccccc2c1.Cc1ccc(C(=S)NCC(=O)c2c(C)cccc2Cl)cc1C#Cc1cnc2ccccc2c1.Cc1cccc(Cl)c1C(=O)CN. The van der Waals surface area contributed by atoms with Crippen LogP contribution in [0.3, 0.4) is 0 Å². The molecule has 3 N–H and O–H groups in total. The predicted molar refractivity (Wildman–Crippen MR) is 281 cm³/mol. The summed E-state index contributed by atoms with van der Waals surface area (Å²) in [7, 11) is 0. The molecule has 67 heavy (non-hydrogen) atoms. The van der Waals surface area contributed by atoms with Gasteiger partial charge in [0.25, 0.3) is 0 Å². The summed E-state index contributed by atoms with van der Waals surface area (Å²) in [5.41, 5.74) is 16.7. The van der Waals surface area contributed by atoms with E-state index in [1.807, 2.05) is 137 Å². The van der Waals surface area contributed by atoms with E-state index >= 15 is 0 Å². The number of hydrogen-bond donors (Lipinski definition) is 3. The lowest BCUT2D eigenvalue weighted by Gasteiger charge is -2.11. The number of thiocarbonyl (C=S) groups is 1. The highest BCUT2D eigenvalue weighted by Gasteiger charge is 2.15. The van der Waals surface area contributed by atoms with E-state index in [1.165, 1.54) is 0 Å². The molecular formula is C56H44Cl2N4O3S2. The number of thiol groups is 1. The van der Waals surface area contributed by atoms with Crippen LogP contribution in [0.25, 0.3) is 21.8 Å². The summed E-state index contributed by atoms with van der Waals surface area (Å²) in [5, 5.41) is 5.84. The molecule has 2 heterocycles. The number of pyridine rings is 2. The van der Waals surface area contributed by atoms with Gasteiger partial charge in [0.1, 0.15) is 4.99 Å². The minimum absolute atomic E-state index is 0.00454. The predicted octanol–water partition coefficient (Wildman–Crippen LogP) is 11.9. The average Bonchev–Trinajstić information content (AvgIpc) is 3.32. The number of carbonyl (C=O) groups excluding carboxylic acids is 3. The van der Waals surface area contributed by atoms with Crippen LogP contribution in [0.5, 0.6) is 0 Å². The number of rotatable bonds is 7. The maximum absolute atomic E-state index is 12.7. The van der Waals surface area contributed by atoms with Crippen LogP contribution in [0.1, 0.15) is 81.1 Å². The first-order valence-corrected chi connectivity index (χ1v) is 22.6. The number of hydrogen-bond acceptors (Lipinski definition) is 7. The number of nitrogens with one attached hydrogen (secondary N) is 1. The maximum atomic E-state index is 12.7. The van der Waals surface area contributed by atoms with Crippen molar-refractivity contribution in [3.05, 3.63) is 223 Å². The summed E-state index contributed by atoms with van der Waals surface area (Å²) in [6, 6.07) is 41.9. The summed E-state index contributed by atoms with van der Waals surface area (Å²) < 4.78 is 0. The van der Waals surface area contributed by atoms with E-state index in [0.717, 1.165) is 71.9 Å². The molecular weight excluding hydrogens is 912 g/mol. The Morgan fingerprint density at radius 3 is 1.52 bits per heavy atom. The molecule has 7 nitrogen and oxygen atoms in total. The quantitative estimate of drug-likeness (QED) is 0.0626. The van der Waals surface area contributed by atoms with Crippen molar-refractivity contribution in [2.75, 3.05) is 13.1 Å². The van der Waals surface area contributed by atoms with Crippen LogP contribution < -0.4 is 11.1 Å². The standard InChI is InChI=1S/C28H21ClN2OS.C19H13NOS.C9H10ClNO/c1-18-10-12-23(28(33)31-17-26(32)27-19(2)6-5-8-24(27)29)15-21(18)13-11-20-14-22-7-3-4-9-25(22)30-16-20;1-13-6-8-17(19(21)22)11-15(13)9-7-14-10-16-4-2-3-5-18(16)20-12-14;1-6-3-2-4-7(10)9(6)8(12)5-11/h3-10,12,14-16H,17H2,1-2H3,(H,31,33);2-6,8,10-12H,1H3,(H,21,22);2-4H,5,11H2,1H3. The number of aryl methyl sites for hydroxylation is 4. The second-order valence-electron chi connectivity index (χ2n) is 15.3. The Labute approximate surface area is 411 Å². The van der Waals surface area contributed by atoms with Gasteiger partial charge < -0.3 is 11.1 Å². The van der Waals surface area contributed by atoms with E-state index in [9.17, 15) is 14.4 Å². The van der Waals surface area contributed by atoms with Crippen LogP contribution in [0.4, 0.5) is 0 Å². The first kappa shape index (κ1) is 49.5. The third-order valence-corrected chi connectivity index (χ3v) is 11.7. The van der Waals surface area contributed by atoms with Gasteiger partial charge in [0.05, 0.1) is 34.2 Å². The summed E-state index contributed by atoms with van der Waals surface area (Å²) in [6.45, 7) is 7.76. The number of para-hydroxylation sites is 2. The highest BCUT2D eigenvalue weighted by atomic mass is 35.5. The Hall–Kier alpha value is -6.95. The van der Waals surface area contributed by atoms with Crippen LogP contribution in [0, 0.1) is 51.4 Å². The molecule has 6 aromatic carbocycles. The second kappa shape index (κ2) is 23.5. The molecule has 0 saturated heterocycles. The van der Waals surface area contributed by atoms with Gasteiger partial charge >= 0.3 is 0 Å². The molecule has 0 aliphatic rings. The summed E-state index contributed by atoms with van der Waals surface area (Å²) in [5.74, 6) is 12.4. The van der Waals surface area contributed by atoms with Gasteiger partial charge in [0, 0.05) is 67.7 Å². The molecule has 11 heteroatoms. The number of aromatic nitrogens is 2. The smallest absolute Gasteiger partial charge is 0.216 e. The van der Waals surface area contributed by atoms with Crippen LogP contribution in [0.15, 0.2) is 146 Å². The minimum Gasteiger partial charge on any atom is -0.368 e. The largest absolute Gasteiger partial charge is 0.368 e. The van der Waals surface area contributed by atoms with Gasteiger partial charge in [0.2, 0.25) is 5.12 Å². The summed E-state index contributed by atoms with van der Waals surface area (Å²) in [4.78, 5) is 44.6. The number of fused-ring (bicyclic) bond motifs is 2. The molecule has 0 unspecified atom stereocenters. The molecule has 0 bridgehead atoms. The van der Waals surface area contributed by atoms with Crippen LogP contribution >= 0.6 is 48.0 Å². The summed E-state index contributed by atoms with van der Waals surface area (Å²) >= 11 is 21.4. The van der Waals surface area contributed by atoms with Gasteiger partial charge in [-0.25, -0.2) is 0 Å². The summed E-state index contributed by atoms with van der Waals surface area (Å²) in [6.07, 6.45) is 3.54. The Kier molecular flexibility index (Phi) is 17.3. The molecule has 332 valence electrons. The fourth-order valence-corrected chi connectivity index (χ4v) is 7.76. The third kappa shape index (κ3) is 13.3. The zero-order valence-corrected chi connectivity index (χ0v) is 40.3. The number of halogens is 2. The molecule has 0 fully saturated rings. The van der Waals surface area contributed by atoms with Gasteiger partial charge in [-0.1, -0.05) is 144 Å². The molecule has 8 aromatic rings. The van der Waals surface area contributed by atoms with Crippen molar-refractivity contribution in [2.24, 2.45) is 5.73 Å². The second-order valence-corrected chi connectivity index (χ2v) is 16.9. The molecule has 0 atom stereocenters. The van der Waals surface area contributed by atoms with E-state index in [-0.39, 0.29) is 29.8 Å². The first-order chi connectivity index (χ1) is 32.2. The Morgan fingerprint density at radius 1 is 0.582 bits per heavy atom. The number of nitrogens with zero attached hydrogens (tertiary/aromatic N) is 2. The average molecular weight is 956 g/mol. The lowest BCUT2D eigenvalue weighted by molar-refractivity contribution is 0.0990. The Morgan fingerprint density at radius 2 is 1.04 bits per heavy atom. The van der Waals surface area contributed by atoms with Crippen molar-refractivity contribution in [1.82, 2.24) is 15.3 Å². The molecule has 0 aliphatic heterocycles. The number of benzene rings is 6. The molecule has 0 aliphatic carbocycles. The third-order valence-electron chi connectivity index (χ3n) is 10.4. The maximum Gasteiger partial charge on any atom is 0.216 e. The highest BCUT2D eigenvalue weighted by molar-refractivity contribution is 7.97. The molecule has 0 radical (unpaired) electrons. The number of carbonyl (C=O) groups is 3. The Balaban J connectivity index is 0.000000186. The molecule has 8 rings (SSSR count). The molecule has 0 saturated carbocycles. The Bertz CT molecular complexity index is 3290.